The van der Waals surface area contributed by atoms with Gasteiger partial charge in [0.25, 0.3) is 0 Å². The van der Waals surface area contributed by atoms with E-state index in [1.54, 1.807) is 0 Å². The normalized spacial score (nSPS) is 12.9. The van der Waals surface area contributed by atoms with Crippen LogP contribution in [0.2, 0.25) is 0 Å². The van der Waals surface area contributed by atoms with Crippen LogP contribution in [-0.2, 0) is 28.6 Å². The van der Waals surface area contributed by atoms with Crippen molar-refractivity contribution in [2.24, 2.45) is 0 Å². The van der Waals surface area contributed by atoms with Gasteiger partial charge in [-0.3, -0.25) is 14.4 Å². The number of carbonyl (C=O) groups excluding carboxylic acids is 3. The van der Waals surface area contributed by atoms with Crippen LogP contribution >= 0.6 is 0 Å². The number of carbonyl (C=O) groups is 3. The lowest BCUT2D eigenvalue weighted by Crippen LogP contribution is -2.30. The highest BCUT2D eigenvalue weighted by Gasteiger charge is 2.19. The Hall–Kier alpha value is -3.93. The van der Waals surface area contributed by atoms with Gasteiger partial charge in [-0.05, 0) is 116 Å². The summed E-state index contributed by atoms with van der Waals surface area (Å²) >= 11 is 0. The van der Waals surface area contributed by atoms with Crippen LogP contribution in [0.4, 0.5) is 0 Å². The van der Waals surface area contributed by atoms with Crippen LogP contribution in [0.5, 0.6) is 0 Å². The lowest BCUT2D eigenvalue weighted by molar-refractivity contribution is -0.166. The first-order valence-electron chi connectivity index (χ1n) is 29.4. The summed E-state index contributed by atoms with van der Waals surface area (Å²) in [5, 5.41) is 0. The van der Waals surface area contributed by atoms with Gasteiger partial charge in [0.05, 0.1) is 0 Å². The molecule has 6 heteroatoms. The highest BCUT2D eigenvalue weighted by atomic mass is 16.6. The minimum Gasteiger partial charge on any atom is -0.462 e. The minimum absolute atomic E-state index is 0.108. The Kier molecular flexibility index (Phi) is 55.4. The van der Waals surface area contributed by atoms with Crippen molar-refractivity contribution in [3.05, 3.63) is 109 Å². The number of hydrogen-bond donors (Lipinski definition) is 0. The summed E-state index contributed by atoms with van der Waals surface area (Å²) in [5.74, 6) is -1.01. The number of rotatable bonds is 52. The van der Waals surface area contributed by atoms with E-state index in [9.17, 15) is 14.4 Å². The molecule has 0 N–H and O–H groups in total. The van der Waals surface area contributed by atoms with Crippen molar-refractivity contribution < 1.29 is 28.6 Å². The van der Waals surface area contributed by atoms with Gasteiger partial charge in [0.1, 0.15) is 13.2 Å². The summed E-state index contributed by atoms with van der Waals surface area (Å²) in [4.78, 5) is 38.2. The van der Waals surface area contributed by atoms with Gasteiger partial charge in [0.2, 0.25) is 0 Å². The molecule has 0 fully saturated rings. The molecule has 0 amide bonds. The molecule has 0 saturated carbocycles. The quantitative estimate of drug-likeness (QED) is 0.0261. The molecule has 404 valence electrons. The number of hydrogen-bond acceptors (Lipinski definition) is 6. The fraction of sp³-hybridized carbons (Fsp3) is 0.677. The van der Waals surface area contributed by atoms with Crippen molar-refractivity contribution >= 4 is 17.9 Å². The molecule has 0 rings (SSSR count). The average molecular weight is 986 g/mol. The van der Waals surface area contributed by atoms with E-state index in [2.05, 4.69) is 124 Å². The van der Waals surface area contributed by atoms with E-state index >= 15 is 0 Å². The van der Waals surface area contributed by atoms with E-state index in [4.69, 9.17) is 14.2 Å². The Morgan fingerprint density at radius 2 is 0.577 bits per heavy atom. The van der Waals surface area contributed by atoms with Crippen LogP contribution < -0.4 is 0 Å². The van der Waals surface area contributed by atoms with E-state index < -0.39 is 6.10 Å². The van der Waals surface area contributed by atoms with E-state index in [0.717, 1.165) is 96.3 Å². The van der Waals surface area contributed by atoms with Gasteiger partial charge in [0.15, 0.2) is 6.10 Å². The molecular formula is C65H108O6. The lowest BCUT2D eigenvalue weighted by atomic mass is 10.1. The maximum atomic E-state index is 12.9. The largest absolute Gasteiger partial charge is 0.462 e. The molecule has 0 saturated heterocycles. The minimum atomic E-state index is -0.817. The van der Waals surface area contributed by atoms with Gasteiger partial charge in [-0.25, -0.2) is 0 Å². The van der Waals surface area contributed by atoms with E-state index in [1.165, 1.54) is 122 Å². The summed E-state index contributed by atoms with van der Waals surface area (Å²) in [6, 6.07) is 0. The zero-order valence-corrected chi connectivity index (χ0v) is 46.2. The van der Waals surface area contributed by atoms with Gasteiger partial charge in [-0.1, -0.05) is 239 Å². The van der Waals surface area contributed by atoms with Crippen molar-refractivity contribution in [2.45, 2.75) is 271 Å². The van der Waals surface area contributed by atoms with E-state index in [0.29, 0.717) is 19.3 Å². The monoisotopic (exact) mass is 985 g/mol. The third-order valence-corrected chi connectivity index (χ3v) is 12.2. The molecule has 0 aromatic rings. The molecule has 0 aromatic heterocycles. The Labute approximate surface area is 438 Å². The fourth-order valence-corrected chi connectivity index (χ4v) is 7.85. The second kappa shape index (κ2) is 58.6. The predicted octanol–water partition coefficient (Wildman–Crippen LogP) is 19.9. The lowest BCUT2D eigenvalue weighted by Gasteiger charge is -2.18. The predicted molar refractivity (Wildman–Crippen MR) is 307 cm³/mol. The number of allylic oxidation sites excluding steroid dienone is 18. The maximum absolute atomic E-state index is 12.9. The Morgan fingerprint density at radius 1 is 0.296 bits per heavy atom. The molecule has 0 aromatic carbocycles. The highest BCUT2D eigenvalue weighted by molar-refractivity contribution is 5.71. The van der Waals surface area contributed by atoms with E-state index in [-0.39, 0.29) is 37.5 Å². The zero-order chi connectivity index (χ0) is 51.4. The van der Waals surface area contributed by atoms with Gasteiger partial charge in [0, 0.05) is 19.3 Å². The molecule has 6 nitrogen and oxygen atoms in total. The summed E-state index contributed by atoms with van der Waals surface area (Å²) in [7, 11) is 0. The molecule has 0 aliphatic heterocycles. The fourth-order valence-electron chi connectivity index (χ4n) is 7.85. The van der Waals surface area contributed by atoms with Gasteiger partial charge >= 0.3 is 17.9 Å². The molecule has 0 heterocycles. The second-order valence-corrected chi connectivity index (χ2v) is 19.2. The molecule has 0 spiro atoms. The van der Waals surface area contributed by atoms with Crippen LogP contribution in [0.15, 0.2) is 109 Å². The SMILES string of the molecule is CC/C=C\C/C=C\C/C=C\C/C=C\C/C=C\C/C=C\CCC(=O)OC[C@H](COC(=O)CCCCCCCCCCC/C=C\C/C=C\CCCCC)OC(=O)CCCCCCC/C=C\CCCCCCCC. The second-order valence-electron chi connectivity index (χ2n) is 19.2. The molecule has 1 atom stereocenters. The van der Waals surface area contributed by atoms with Crippen LogP contribution in [0.25, 0.3) is 0 Å². The van der Waals surface area contributed by atoms with Crippen LogP contribution in [-0.4, -0.2) is 37.2 Å². The highest BCUT2D eigenvalue weighted by Crippen LogP contribution is 2.14. The third kappa shape index (κ3) is 56.9. The molecule has 0 radical (unpaired) electrons. The van der Waals surface area contributed by atoms with Gasteiger partial charge in [-0.2, -0.15) is 0 Å². The molecule has 0 aliphatic rings. The van der Waals surface area contributed by atoms with E-state index in [1.807, 2.05) is 6.08 Å². The van der Waals surface area contributed by atoms with Crippen molar-refractivity contribution in [1.29, 1.82) is 0 Å². The first kappa shape index (κ1) is 67.1. The van der Waals surface area contributed by atoms with Crippen molar-refractivity contribution in [2.75, 3.05) is 13.2 Å². The molecular weight excluding hydrogens is 877 g/mol. The topological polar surface area (TPSA) is 78.9 Å². The Bertz CT molecular complexity index is 1460. The summed E-state index contributed by atoms with van der Waals surface area (Å²) in [6.45, 7) is 6.43. The molecule has 0 aliphatic carbocycles. The molecule has 0 unspecified atom stereocenters. The van der Waals surface area contributed by atoms with Crippen molar-refractivity contribution in [1.82, 2.24) is 0 Å². The van der Waals surface area contributed by atoms with Gasteiger partial charge < -0.3 is 14.2 Å². The maximum Gasteiger partial charge on any atom is 0.306 e. The number of esters is 3. The first-order valence-corrected chi connectivity index (χ1v) is 29.4. The summed E-state index contributed by atoms with van der Waals surface area (Å²) in [5.41, 5.74) is 0. The van der Waals surface area contributed by atoms with Crippen molar-refractivity contribution in [3.8, 4) is 0 Å². The van der Waals surface area contributed by atoms with Crippen LogP contribution in [0.1, 0.15) is 265 Å². The standard InChI is InChI=1S/C65H108O6/c1-4-7-10-13-16-19-22-25-28-30-32-34-37-39-42-45-48-51-54-57-63(66)69-60-62(71-65(68)59-56-53-50-47-44-41-36-27-24-21-18-15-12-9-6-3)61-70-64(67)58-55-52-49-46-43-40-38-35-33-31-29-26-23-20-17-14-11-8-5-2/h7,10,16-17,19-20,25-29,32,34,36,39,42,48,51,62H,4-6,8-9,11-15,18,21-24,30-31,33,35,37-38,40-41,43-47,49-50,52-61H2,1-3H3/b10-7-,19-16-,20-17-,28-25-,29-26-,34-32-,36-27-,42-39-,51-48-/t62-/m1/s1. The molecule has 0 bridgehead atoms. The number of unbranched alkanes of at least 4 members (excludes halogenated alkanes) is 23. The zero-order valence-electron chi connectivity index (χ0n) is 46.2. The Balaban J connectivity index is 4.50. The third-order valence-electron chi connectivity index (χ3n) is 12.2. The van der Waals surface area contributed by atoms with Crippen LogP contribution in [0, 0.1) is 0 Å². The van der Waals surface area contributed by atoms with Crippen molar-refractivity contribution in [3.63, 3.8) is 0 Å². The average Bonchev–Trinajstić information content (AvgIpc) is 3.37. The van der Waals surface area contributed by atoms with Gasteiger partial charge in [-0.15, -0.1) is 0 Å². The Morgan fingerprint density at radius 3 is 0.986 bits per heavy atom. The summed E-state index contributed by atoms with van der Waals surface area (Å²) < 4.78 is 16.8. The first-order chi connectivity index (χ1) is 35.0. The number of ether oxygens (including phenoxy) is 3. The van der Waals surface area contributed by atoms with Crippen LogP contribution in [0.3, 0.4) is 0 Å². The molecule has 71 heavy (non-hydrogen) atoms. The smallest absolute Gasteiger partial charge is 0.306 e. The summed E-state index contributed by atoms with van der Waals surface area (Å²) in [6.07, 6.45) is 79.4.